The number of hydrogen-bond donors (Lipinski definition) is 1. The predicted molar refractivity (Wildman–Crippen MR) is 66.2 cm³/mol. The molecule has 0 bridgehead atoms. The van der Waals surface area contributed by atoms with E-state index in [0.717, 1.165) is 31.7 Å². The number of thiophene rings is 1. The third-order valence-electron chi connectivity index (χ3n) is 2.06. The summed E-state index contributed by atoms with van der Waals surface area (Å²) < 4.78 is 1.04. The maximum Gasteiger partial charge on any atom is 0.152 e. The second-order valence-electron chi connectivity index (χ2n) is 2.79. The van der Waals surface area contributed by atoms with Crippen molar-refractivity contribution in [2.45, 2.75) is 9.79 Å². The highest BCUT2D eigenvalue weighted by Gasteiger charge is 2.10. The molecule has 0 saturated carbocycles. The molecule has 0 amide bonds. The summed E-state index contributed by atoms with van der Waals surface area (Å²) in [5, 5.41) is 3.06. The van der Waals surface area contributed by atoms with Crippen molar-refractivity contribution in [3.63, 3.8) is 0 Å². The fourth-order valence-electron chi connectivity index (χ4n) is 1.39. The van der Waals surface area contributed by atoms with E-state index in [2.05, 4.69) is 12.6 Å². The summed E-state index contributed by atoms with van der Waals surface area (Å²) in [5.41, 5.74) is 0.792. The van der Waals surface area contributed by atoms with Gasteiger partial charge in [0.1, 0.15) is 0 Å². The second kappa shape index (κ2) is 3.96. The number of thioether (sulfide) groups is 1. The Hall–Kier alpha value is -0.450. The van der Waals surface area contributed by atoms with Gasteiger partial charge in [-0.2, -0.15) is 0 Å². The van der Waals surface area contributed by atoms with Gasteiger partial charge in [-0.3, -0.25) is 4.79 Å². The molecule has 2 aromatic rings. The Balaban J connectivity index is 2.88. The van der Waals surface area contributed by atoms with Crippen molar-refractivity contribution in [1.29, 1.82) is 0 Å². The first-order valence-corrected chi connectivity index (χ1v) is 6.55. The first-order chi connectivity index (χ1) is 6.77. The van der Waals surface area contributed by atoms with Gasteiger partial charge in [-0.05, 0) is 23.8 Å². The van der Waals surface area contributed by atoms with Crippen LogP contribution in [-0.4, -0.2) is 12.5 Å². The minimum absolute atomic E-state index is 0.792. The quantitative estimate of drug-likeness (QED) is 0.489. The van der Waals surface area contributed by atoms with Crippen LogP contribution in [0, 0.1) is 0 Å². The Morgan fingerprint density at radius 2 is 2.36 bits per heavy atom. The molecule has 0 aliphatic carbocycles. The van der Waals surface area contributed by atoms with Gasteiger partial charge >= 0.3 is 0 Å². The van der Waals surface area contributed by atoms with Gasteiger partial charge in [-0.15, -0.1) is 35.7 Å². The Morgan fingerprint density at radius 3 is 3.00 bits per heavy atom. The van der Waals surface area contributed by atoms with Gasteiger partial charge in [0.25, 0.3) is 0 Å². The molecule has 1 nitrogen and oxygen atoms in total. The van der Waals surface area contributed by atoms with E-state index < -0.39 is 0 Å². The predicted octanol–water partition coefficient (Wildman–Crippen LogP) is 3.72. The molecule has 72 valence electrons. The van der Waals surface area contributed by atoms with E-state index in [1.165, 1.54) is 0 Å². The van der Waals surface area contributed by atoms with Gasteiger partial charge in [0.15, 0.2) is 6.29 Å². The maximum atomic E-state index is 11.0. The Labute approximate surface area is 95.9 Å². The zero-order valence-electron chi connectivity index (χ0n) is 7.48. The van der Waals surface area contributed by atoms with Crippen LogP contribution in [0.1, 0.15) is 10.4 Å². The lowest BCUT2D eigenvalue weighted by molar-refractivity contribution is 0.112. The van der Waals surface area contributed by atoms with Crippen LogP contribution in [0.2, 0.25) is 0 Å². The van der Waals surface area contributed by atoms with Gasteiger partial charge < -0.3 is 0 Å². The zero-order valence-corrected chi connectivity index (χ0v) is 10.0. The van der Waals surface area contributed by atoms with E-state index >= 15 is 0 Å². The lowest BCUT2D eigenvalue weighted by Gasteiger charge is -2.04. The average molecular weight is 240 g/mol. The van der Waals surface area contributed by atoms with Gasteiger partial charge in [-0.1, -0.05) is 0 Å². The van der Waals surface area contributed by atoms with E-state index in [0.29, 0.717) is 0 Å². The van der Waals surface area contributed by atoms with Crippen molar-refractivity contribution < 1.29 is 4.79 Å². The van der Waals surface area contributed by atoms with Crippen molar-refractivity contribution in [2.24, 2.45) is 0 Å². The molecule has 1 heterocycles. The number of rotatable bonds is 2. The Morgan fingerprint density at radius 1 is 1.57 bits per heavy atom. The van der Waals surface area contributed by atoms with Crippen molar-refractivity contribution in [1.82, 2.24) is 0 Å². The summed E-state index contributed by atoms with van der Waals surface area (Å²) in [5.74, 6) is 0. The maximum absolute atomic E-state index is 11.0. The molecular weight excluding hydrogens is 232 g/mol. The zero-order chi connectivity index (χ0) is 10.1. The molecule has 0 spiro atoms. The highest BCUT2D eigenvalue weighted by atomic mass is 32.2. The van der Waals surface area contributed by atoms with Crippen LogP contribution in [0.4, 0.5) is 0 Å². The summed E-state index contributed by atoms with van der Waals surface area (Å²) in [7, 11) is 0. The van der Waals surface area contributed by atoms with Crippen molar-refractivity contribution >= 4 is 52.1 Å². The second-order valence-corrected chi connectivity index (χ2v) is 5.04. The molecule has 1 aromatic heterocycles. The molecule has 0 aliphatic heterocycles. The summed E-state index contributed by atoms with van der Waals surface area (Å²) in [6, 6.07) is 3.95. The van der Waals surface area contributed by atoms with Crippen LogP contribution in [-0.2, 0) is 0 Å². The number of hydrogen-bond acceptors (Lipinski definition) is 4. The first kappa shape index (κ1) is 10.1. The van der Waals surface area contributed by atoms with Crippen molar-refractivity contribution in [2.75, 3.05) is 6.26 Å². The largest absolute Gasteiger partial charge is 0.298 e. The Bertz CT molecular complexity index is 487. The fourth-order valence-corrected chi connectivity index (χ4v) is 3.47. The van der Waals surface area contributed by atoms with Gasteiger partial charge in [-0.25, -0.2) is 0 Å². The van der Waals surface area contributed by atoms with E-state index in [4.69, 9.17) is 0 Å². The third-order valence-corrected chi connectivity index (χ3v) is 4.15. The monoisotopic (exact) mass is 240 g/mol. The molecule has 0 N–H and O–H groups in total. The van der Waals surface area contributed by atoms with Crippen LogP contribution >= 0.6 is 35.7 Å². The SMILES string of the molecule is CSc1cc(S)c2ccsc2c1C=O. The molecule has 0 saturated heterocycles. The molecule has 1 aromatic carbocycles. The fraction of sp³-hybridized carbons (Fsp3) is 0.100. The number of fused-ring (bicyclic) bond motifs is 1. The van der Waals surface area contributed by atoms with Crippen molar-refractivity contribution in [3.8, 4) is 0 Å². The highest BCUT2D eigenvalue weighted by Crippen LogP contribution is 2.35. The van der Waals surface area contributed by atoms with Crippen LogP contribution in [0.5, 0.6) is 0 Å². The van der Waals surface area contributed by atoms with E-state index in [1.54, 1.807) is 23.1 Å². The molecule has 4 heteroatoms. The van der Waals surface area contributed by atoms with Crippen LogP contribution in [0.3, 0.4) is 0 Å². The minimum atomic E-state index is 0.792. The molecule has 0 unspecified atom stereocenters. The van der Waals surface area contributed by atoms with Gasteiger partial charge in [0.2, 0.25) is 0 Å². The summed E-state index contributed by atoms with van der Waals surface area (Å²) >= 11 is 7.57. The summed E-state index contributed by atoms with van der Waals surface area (Å²) in [6.45, 7) is 0. The molecule has 0 radical (unpaired) electrons. The summed E-state index contributed by atoms with van der Waals surface area (Å²) in [6.07, 6.45) is 2.90. The average Bonchev–Trinajstić information content (AvgIpc) is 2.66. The molecule has 14 heavy (non-hydrogen) atoms. The van der Waals surface area contributed by atoms with Crippen LogP contribution < -0.4 is 0 Å². The van der Waals surface area contributed by atoms with Gasteiger partial charge in [0.05, 0.1) is 0 Å². The van der Waals surface area contributed by atoms with Crippen LogP contribution in [0.15, 0.2) is 27.3 Å². The summed E-state index contributed by atoms with van der Waals surface area (Å²) in [4.78, 5) is 12.9. The lowest BCUT2D eigenvalue weighted by atomic mass is 10.2. The Kier molecular flexibility index (Phi) is 2.85. The topological polar surface area (TPSA) is 17.1 Å². The van der Waals surface area contributed by atoms with E-state index in [9.17, 15) is 4.79 Å². The third kappa shape index (κ3) is 1.47. The van der Waals surface area contributed by atoms with Crippen LogP contribution in [0.25, 0.3) is 10.1 Å². The van der Waals surface area contributed by atoms with Gasteiger partial charge in [0, 0.05) is 25.4 Å². The number of aldehydes is 1. The smallest absolute Gasteiger partial charge is 0.152 e. The first-order valence-electron chi connectivity index (χ1n) is 4.00. The van der Waals surface area contributed by atoms with Crippen molar-refractivity contribution in [3.05, 3.63) is 23.1 Å². The van der Waals surface area contributed by atoms with E-state index in [-0.39, 0.29) is 0 Å². The number of carbonyl (C=O) groups is 1. The molecular formula is C10H8OS3. The molecule has 0 atom stereocenters. The number of benzene rings is 1. The number of thiol groups is 1. The lowest BCUT2D eigenvalue weighted by Crippen LogP contribution is -1.85. The molecule has 2 rings (SSSR count). The molecule has 0 fully saturated rings. The van der Waals surface area contributed by atoms with E-state index in [1.807, 2.05) is 23.8 Å². The highest BCUT2D eigenvalue weighted by molar-refractivity contribution is 7.98. The minimum Gasteiger partial charge on any atom is -0.298 e. The normalized spacial score (nSPS) is 10.7. The standard InChI is InChI=1S/C10H8OS3/c1-13-9-4-8(12)6-2-3-14-10(6)7(9)5-11/h2-5,12H,1H3. The molecule has 0 aliphatic rings. The number of carbonyl (C=O) groups excluding carboxylic acids is 1.